The minimum Gasteiger partial charge on any atom is -0.368 e. The molecular formula is C21H26N2O2. The van der Waals surface area contributed by atoms with Crippen LogP contribution >= 0.6 is 0 Å². The summed E-state index contributed by atoms with van der Waals surface area (Å²) in [7, 11) is 0. The van der Waals surface area contributed by atoms with Crippen LogP contribution in [0.2, 0.25) is 0 Å². The fourth-order valence-corrected chi connectivity index (χ4v) is 3.05. The van der Waals surface area contributed by atoms with E-state index in [2.05, 4.69) is 49.6 Å². The first-order valence-corrected chi connectivity index (χ1v) is 8.82. The van der Waals surface area contributed by atoms with Gasteiger partial charge >= 0.3 is 0 Å². The number of anilines is 3. The van der Waals surface area contributed by atoms with E-state index in [4.69, 9.17) is 4.74 Å². The van der Waals surface area contributed by atoms with E-state index in [0.29, 0.717) is 6.61 Å². The quantitative estimate of drug-likeness (QED) is 0.838. The maximum Gasteiger partial charge on any atom is 0.253 e. The van der Waals surface area contributed by atoms with Crippen LogP contribution in [0.4, 0.5) is 17.1 Å². The minimum absolute atomic E-state index is 0.0590. The van der Waals surface area contributed by atoms with Crippen molar-refractivity contribution >= 4 is 23.0 Å². The molecule has 0 bridgehead atoms. The Balaban J connectivity index is 1.68. The summed E-state index contributed by atoms with van der Waals surface area (Å²) in [6.07, 6.45) is 1.44. The predicted octanol–water partition coefficient (Wildman–Crippen LogP) is 4.85. The third-order valence-corrected chi connectivity index (χ3v) is 4.39. The van der Waals surface area contributed by atoms with Gasteiger partial charge in [-0.3, -0.25) is 4.79 Å². The number of hydrogen-bond acceptors (Lipinski definition) is 3. The first-order chi connectivity index (χ1) is 11.9. The minimum atomic E-state index is -0.309. The van der Waals surface area contributed by atoms with Crippen LogP contribution in [-0.2, 0) is 14.9 Å². The number of nitrogens with one attached hydrogen (secondary N) is 2. The van der Waals surface area contributed by atoms with Crippen LogP contribution in [0.15, 0.2) is 48.5 Å². The van der Waals surface area contributed by atoms with Gasteiger partial charge in [0.05, 0.1) is 0 Å². The van der Waals surface area contributed by atoms with E-state index in [1.807, 2.05) is 30.3 Å². The highest BCUT2D eigenvalue weighted by Crippen LogP contribution is 2.31. The third-order valence-electron chi connectivity index (χ3n) is 4.39. The van der Waals surface area contributed by atoms with Crippen molar-refractivity contribution in [2.24, 2.45) is 0 Å². The second-order valence-electron chi connectivity index (χ2n) is 7.49. The Morgan fingerprint density at radius 3 is 2.36 bits per heavy atom. The molecule has 2 aromatic carbocycles. The number of amides is 1. The van der Waals surface area contributed by atoms with Gasteiger partial charge in [0.2, 0.25) is 0 Å². The summed E-state index contributed by atoms with van der Waals surface area (Å²) in [6.45, 7) is 7.29. The Labute approximate surface area is 149 Å². The van der Waals surface area contributed by atoms with Gasteiger partial charge in [0, 0.05) is 23.7 Å². The normalized spacial score (nSPS) is 17.3. The fourth-order valence-electron chi connectivity index (χ4n) is 3.05. The summed E-state index contributed by atoms with van der Waals surface area (Å²) >= 11 is 0. The lowest BCUT2D eigenvalue weighted by Crippen LogP contribution is -2.26. The average Bonchev–Trinajstić information content (AvgIpc) is 3.11. The fraction of sp³-hybridized carbons (Fsp3) is 0.381. The molecule has 4 nitrogen and oxygen atoms in total. The van der Waals surface area contributed by atoms with E-state index in [-0.39, 0.29) is 17.4 Å². The van der Waals surface area contributed by atoms with E-state index < -0.39 is 0 Å². The molecule has 132 valence electrons. The lowest BCUT2D eigenvalue weighted by molar-refractivity contribution is -0.124. The van der Waals surface area contributed by atoms with Crippen LogP contribution in [0.25, 0.3) is 0 Å². The van der Waals surface area contributed by atoms with Crippen LogP contribution in [0, 0.1) is 0 Å². The summed E-state index contributed by atoms with van der Waals surface area (Å²) in [5, 5.41) is 6.40. The maximum atomic E-state index is 12.1. The van der Waals surface area contributed by atoms with Crippen molar-refractivity contribution in [2.45, 2.75) is 45.1 Å². The topological polar surface area (TPSA) is 50.4 Å². The molecule has 0 aromatic heterocycles. The molecule has 1 heterocycles. The Hall–Kier alpha value is -2.33. The Morgan fingerprint density at radius 2 is 1.72 bits per heavy atom. The van der Waals surface area contributed by atoms with Crippen molar-refractivity contribution in [3.8, 4) is 0 Å². The van der Waals surface area contributed by atoms with Crippen molar-refractivity contribution in [3.63, 3.8) is 0 Å². The number of para-hydroxylation sites is 1. The zero-order valence-corrected chi connectivity index (χ0v) is 15.1. The zero-order chi connectivity index (χ0) is 17.9. The molecule has 1 atom stereocenters. The van der Waals surface area contributed by atoms with Crippen LogP contribution in [0.5, 0.6) is 0 Å². The SMILES string of the molecule is CC(C)(C)c1ccccc1Nc1ccc(NC(=O)C2CCCO2)cc1. The molecule has 0 aliphatic carbocycles. The van der Waals surface area contributed by atoms with E-state index in [1.54, 1.807) is 0 Å². The Kier molecular flexibility index (Phi) is 5.09. The van der Waals surface area contributed by atoms with Gasteiger partial charge in [0.1, 0.15) is 6.10 Å². The first-order valence-electron chi connectivity index (χ1n) is 8.82. The number of benzene rings is 2. The molecule has 1 unspecified atom stereocenters. The smallest absolute Gasteiger partial charge is 0.253 e. The van der Waals surface area contributed by atoms with Gasteiger partial charge in [-0.05, 0) is 54.2 Å². The largest absolute Gasteiger partial charge is 0.368 e. The molecule has 0 radical (unpaired) electrons. The maximum absolute atomic E-state index is 12.1. The van der Waals surface area contributed by atoms with Crippen LogP contribution in [0.3, 0.4) is 0 Å². The van der Waals surface area contributed by atoms with Gasteiger partial charge < -0.3 is 15.4 Å². The van der Waals surface area contributed by atoms with Gasteiger partial charge in [0.25, 0.3) is 5.91 Å². The average molecular weight is 338 g/mol. The lowest BCUT2D eigenvalue weighted by atomic mass is 9.86. The molecular weight excluding hydrogens is 312 g/mol. The zero-order valence-electron chi connectivity index (χ0n) is 15.1. The van der Waals surface area contributed by atoms with Gasteiger partial charge in [-0.25, -0.2) is 0 Å². The highest BCUT2D eigenvalue weighted by Gasteiger charge is 2.23. The molecule has 1 amide bonds. The summed E-state index contributed by atoms with van der Waals surface area (Å²) < 4.78 is 5.41. The third kappa shape index (κ3) is 4.40. The van der Waals surface area contributed by atoms with E-state index in [1.165, 1.54) is 5.56 Å². The summed E-state index contributed by atoms with van der Waals surface area (Å²) in [4.78, 5) is 12.1. The molecule has 0 spiro atoms. The number of rotatable bonds is 4. The van der Waals surface area contributed by atoms with E-state index in [9.17, 15) is 4.79 Å². The number of carbonyl (C=O) groups excluding carboxylic acids is 1. The highest BCUT2D eigenvalue weighted by molar-refractivity contribution is 5.94. The van der Waals surface area contributed by atoms with Crippen molar-refractivity contribution in [1.82, 2.24) is 0 Å². The summed E-state index contributed by atoms with van der Waals surface area (Å²) in [6, 6.07) is 16.1. The molecule has 2 aromatic rings. The number of hydrogen-bond donors (Lipinski definition) is 2. The van der Waals surface area contributed by atoms with Gasteiger partial charge in [-0.15, -0.1) is 0 Å². The molecule has 0 saturated carbocycles. The molecule has 1 aliphatic heterocycles. The molecule has 3 rings (SSSR count). The van der Waals surface area contributed by atoms with Gasteiger partial charge in [0.15, 0.2) is 0 Å². The van der Waals surface area contributed by atoms with Crippen LogP contribution in [-0.4, -0.2) is 18.6 Å². The first kappa shape index (κ1) is 17.5. The van der Waals surface area contributed by atoms with E-state index >= 15 is 0 Å². The summed E-state index contributed by atoms with van der Waals surface area (Å²) in [5.41, 5.74) is 4.22. The summed E-state index contributed by atoms with van der Waals surface area (Å²) in [5.74, 6) is -0.0590. The van der Waals surface area contributed by atoms with E-state index in [0.717, 1.165) is 29.9 Å². The molecule has 4 heteroatoms. The Morgan fingerprint density at radius 1 is 1.04 bits per heavy atom. The molecule has 25 heavy (non-hydrogen) atoms. The van der Waals surface area contributed by atoms with Crippen LogP contribution in [0.1, 0.15) is 39.2 Å². The Bertz CT molecular complexity index is 726. The number of ether oxygens (including phenoxy) is 1. The lowest BCUT2D eigenvalue weighted by Gasteiger charge is -2.23. The highest BCUT2D eigenvalue weighted by atomic mass is 16.5. The molecule has 1 saturated heterocycles. The standard InChI is InChI=1S/C21H26N2O2/c1-21(2,3)17-7-4-5-8-18(17)22-15-10-12-16(13-11-15)23-20(24)19-9-6-14-25-19/h4-5,7-8,10-13,19,22H,6,9,14H2,1-3H3,(H,23,24). The second-order valence-corrected chi connectivity index (χ2v) is 7.49. The van der Waals surface area contributed by atoms with Crippen LogP contribution < -0.4 is 10.6 Å². The molecule has 1 aliphatic rings. The predicted molar refractivity (Wildman–Crippen MR) is 102 cm³/mol. The van der Waals surface area contributed by atoms with Crippen molar-refractivity contribution in [2.75, 3.05) is 17.2 Å². The molecule has 1 fully saturated rings. The van der Waals surface area contributed by atoms with Crippen molar-refractivity contribution in [3.05, 3.63) is 54.1 Å². The monoisotopic (exact) mass is 338 g/mol. The second kappa shape index (κ2) is 7.28. The van der Waals surface area contributed by atoms with Crippen molar-refractivity contribution in [1.29, 1.82) is 0 Å². The van der Waals surface area contributed by atoms with Gasteiger partial charge in [-0.2, -0.15) is 0 Å². The number of carbonyl (C=O) groups is 1. The van der Waals surface area contributed by atoms with Crippen molar-refractivity contribution < 1.29 is 9.53 Å². The molecule has 2 N–H and O–H groups in total. The van der Waals surface area contributed by atoms with Gasteiger partial charge in [-0.1, -0.05) is 39.0 Å².